The second kappa shape index (κ2) is 5.37. The fourth-order valence-corrected chi connectivity index (χ4v) is 2.77. The number of likely N-dealkylation sites (tertiary alicyclic amines) is 1. The molecule has 0 N–H and O–H groups in total. The molecule has 2 atom stereocenters. The average Bonchev–Trinajstić information content (AvgIpc) is 2.45. The molecule has 2 heteroatoms. The highest BCUT2D eigenvalue weighted by Gasteiger charge is 2.39. The second-order valence-electron chi connectivity index (χ2n) is 5.06. The molecule has 1 aliphatic rings. The minimum atomic E-state index is 0.0163. The van der Waals surface area contributed by atoms with Crippen molar-refractivity contribution in [3.8, 4) is 0 Å². The van der Waals surface area contributed by atoms with E-state index in [4.69, 9.17) is 0 Å². The average molecular weight is 251 g/mol. The summed E-state index contributed by atoms with van der Waals surface area (Å²) >= 11 is 0. The van der Waals surface area contributed by atoms with Gasteiger partial charge < -0.3 is 4.79 Å². The summed E-state index contributed by atoms with van der Waals surface area (Å²) in [5.74, 6) is 0.349. The normalized spacial score (nSPS) is 22.7. The molecule has 0 spiro atoms. The van der Waals surface area contributed by atoms with Crippen molar-refractivity contribution < 1.29 is 4.79 Å². The Kier molecular flexibility index (Phi) is 3.43. The van der Waals surface area contributed by atoms with Gasteiger partial charge in [-0.25, -0.2) is 0 Å². The lowest BCUT2D eigenvalue weighted by molar-refractivity contribution is -0.118. The summed E-state index contributed by atoms with van der Waals surface area (Å²) in [7, 11) is 0. The van der Waals surface area contributed by atoms with Crippen LogP contribution >= 0.6 is 0 Å². The molecular formula is C17H17NO. The standard InChI is InChI=1S/C17H17NO/c19-13-17-16(15-9-5-2-6-10-15)12-18(17)11-14-7-3-1-4-8-14/h1-10,13,16-17H,11-12H2/t16-,17-/m0/s1. The summed E-state index contributed by atoms with van der Waals surface area (Å²) < 4.78 is 0. The highest BCUT2D eigenvalue weighted by atomic mass is 16.1. The van der Waals surface area contributed by atoms with Gasteiger partial charge in [-0.05, 0) is 11.1 Å². The van der Waals surface area contributed by atoms with Gasteiger partial charge in [-0.1, -0.05) is 60.7 Å². The Balaban J connectivity index is 1.69. The number of benzene rings is 2. The van der Waals surface area contributed by atoms with Crippen molar-refractivity contribution in [3.05, 3.63) is 71.8 Å². The van der Waals surface area contributed by atoms with Crippen LogP contribution in [0.15, 0.2) is 60.7 Å². The van der Waals surface area contributed by atoms with Crippen molar-refractivity contribution in [1.29, 1.82) is 0 Å². The molecule has 0 aliphatic carbocycles. The third-order valence-electron chi connectivity index (χ3n) is 3.86. The van der Waals surface area contributed by atoms with Gasteiger partial charge in [0.15, 0.2) is 0 Å². The van der Waals surface area contributed by atoms with Crippen molar-refractivity contribution in [2.24, 2.45) is 0 Å². The van der Waals surface area contributed by atoms with Crippen LogP contribution in [-0.2, 0) is 11.3 Å². The lowest BCUT2D eigenvalue weighted by atomic mass is 9.83. The Morgan fingerprint density at radius 2 is 1.63 bits per heavy atom. The number of nitrogens with zero attached hydrogens (tertiary/aromatic N) is 1. The van der Waals surface area contributed by atoms with Gasteiger partial charge in [0.25, 0.3) is 0 Å². The summed E-state index contributed by atoms with van der Waals surface area (Å²) in [6.07, 6.45) is 1.09. The van der Waals surface area contributed by atoms with Crippen molar-refractivity contribution in [3.63, 3.8) is 0 Å². The summed E-state index contributed by atoms with van der Waals surface area (Å²) in [6.45, 7) is 1.82. The van der Waals surface area contributed by atoms with Gasteiger partial charge in [-0.2, -0.15) is 0 Å². The van der Waals surface area contributed by atoms with E-state index < -0.39 is 0 Å². The van der Waals surface area contributed by atoms with E-state index in [1.807, 2.05) is 36.4 Å². The molecule has 2 aromatic carbocycles. The van der Waals surface area contributed by atoms with Crippen molar-refractivity contribution in [2.75, 3.05) is 6.54 Å². The number of hydrogen-bond acceptors (Lipinski definition) is 2. The van der Waals surface area contributed by atoms with Crippen LogP contribution in [0.1, 0.15) is 17.0 Å². The van der Waals surface area contributed by atoms with Gasteiger partial charge in [0.05, 0.1) is 6.04 Å². The van der Waals surface area contributed by atoms with Crippen LogP contribution in [0.4, 0.5) is 0 Å². The Labute approximate surface area is 113 Å². The van der Waals surface area contributed by atoms with Crippen LogP contribution in [0, 0.1) is 0 Å². The number of carbonyl (C=O) groups excluding carboxylic acids is 1. The number of carbonyl (C=O) groups is 1. The predicted octanol–water partition coefficient (Wildman–Crippen LogP) is 2.85. The highest BCUT2D eigenvalue weighted by Crippen LogP contribution is 2.34. The molecule has 2 nitrogen and oxygen atoms in total. The quantitative estimate of drug-likeness (QED) is 0.779. The summed E-state index contributed by atoms with van der Waals surface area (Å²) in [5, 5.41) is 0. The smallest absolute Gasteiger partial charge is 0.137 e. The van der Waals surface area contributed by atoms with Gasteiger partial charge in [0.1, 0.15) is 6.29 Å². The van der Waals surface area contributed by atoms with E-state index in [1.165, 1.54) is 11.1 Å². The molecule has 0 radical (unpaired) electrons. The van der Waals surface area contributed by atoms with E-state index in [1.54, 1.807) is 0 Å². The van der Waals surface area contributed by atoms with Crippen LogP contribution in [0.5, 0.6) is 0 Å². The third kappa shape index (κ3) is 2.45. The number of aldehydes is 1. The van der Waals surface area contributed by atoms with Gasteiger partial charge in [-0.15, -0.1) is 0 Å². The minimum absolute atomic E-state index is 0.0163. The van der Waals surface area contributed by atoms with Gasteiger partial charge in [-0.3, -0.25) is 4.90 Å². The molecule has 0 amide bonds. The molecule has 1 aliphatic heterocycles. The van der Waals surface area contributed by atoms with Crippen molar-refractivity contribution in [1.82, 2.24) is 4.90 Å². The molecule has 1 saturated heterocycles. The molecule has 0 unspecified atom stereocenters. The Bertz CT molecular complexity index is 538. The van der Waals surface area contributed by atoms with E-state index in [2.05, 4.69) is 29.2 Å². The Morgan fingerprint density at radius 3 is 2.26 bits per heavy atom. The first kappa shape index (κ1) is 12.1. The van der Waals surface area contributed by atoms with Crippen LogP contribution in [0.3, 0.4) is 0 Å². The van der Waals surface area contributed by atoms with Crippen LogP contribution < -0.4 is 0 Å². The first-order valence-electron chi connectivity index (χ1n) is 6.66. The molecule has 96 valence electrons. The van der Waals surface area contributed by atoms with Gasteiger partial charge in [0, 0.05) is 19.0 Å². The molecule has 0 saturated carbocycles. The molecule has 0 bridgehead atoms. The van der Waals surface area contributed by atoms with Crippen LogP contribution in [0.25, 0.3) is 0 Å². The zero-order chi connectivity index (χ0) is 13.1. The van der Waals surface area contributed by atoms with E-state index in [0.29, 0.717) is 5.92 Å². The maximum Gasteiger partial charge on any atom is 0.137 e. The highest BCUT2D eigenvalue weighted by molar-refractivity contribution is 5.62. The molecule has 1 fully saturated rings. The lowest BCUT2D eigenvalue weighted by Crippen LogP contribution is -2.54. The SMILES string of the molecule is O=C[C@H]1[C@H](c2ccccc2)CN1Cc1ccccc1. The molecule has 1 heterocycles. The zero-order valence-electron chi connectivity index (χ0n) is 10.8. The first-order valence-corrected chi connectivity index (χ1v) is 6.66. The van der Waals surface area contributed by atoms with E-state index in [0.717, 1.165) is 19.4 Å². The molecule has 0 aromatic heterocycles. The summed E-state index contributed by atoms with van der Waals surface area (Å²) in [4.78, 5) is 13.6. The first-order chi connectivity index (χ1) is 9.38. The molecule has 19 heavy (non-hydrogen) atoms. The van der Waals surface area contributed by atoms with Gasteiger partial charge in [0.2, 0.25) is 0 Å². The van der Waals surface area contributed by atoms with Crippen molar-refractivity contribution in [2.45, 2.75) is 18.5 Å². The molecule has 2 aromatic rings. The number of hydrogen-bond donors (Lipinski definition) is 0. The van der Waals surface area contributed by atoms with E-state index in [9.17, 15) is 4.79 Å². The second-order valence-corrected chi connectivity index (χ2v) is 5.06. The van der Waals surface area contributed by atoms with Crippen molar-refractivity contribution >= 4 is 6.29 Å². The number of rotatable bonds is 4. The largest absolute Gasteiger partial charge is 0.302 e. The third-order valence-corrected chi connectivity index (χ3v) is 3.86. The fraction of sp³-hybridized carbons (Fsp3) is 0.235. The van der Waals surface area contributed by atoms with E-state index in [-0.39, 0.29) is 6.04 Å². The van der Waals surface area contributed by atoms with Crippen LogP contribution in [-0.4, -0.2) is 23.8 Å². The molecule has 3 rings (SSSR count). The molecular weight excluding hydrogens is 234 g/mol. The minimum Gasteiger partial charge on any atom is -0.302 e. The topological polar surface area (TPSA) is 20.3 Å². The monoisotopic (exact) mass is 251 g/mol. The predicted molar refractivity (Wildman–Crippen MR) is 75.9 cm³/mol. The van der Waals surface area contributed by atoms with E-state index >= 15 is 0 Å². The Hall–Kier alpha value is -1.93. The van der Waals surface area contributed by atoms with Gasteiger partial charge >= 0.3 is 0 Å². The fourth-order valence-electron chi connectivity index (χ4n) is 2.77. The van der Waals surface area contributed by atoms with Crippen LogP contribution in [0.2, 0.25) is 0 Å². The Morgan fingerprint density at radius 1 is 1.00 bits per heavy atom. The lowest BCUT2D eigenvalue weighted by Gasteiger charge is -2.45. The maximum absolute atomic E-state index is 11.3. The maximum atomic E-state index is 11.3. The summed E-state index contributed by atoms with van der Waals surface area (Å²) in [5.41, 5.74) is 2.53. The summed E-state index contributed by atoms with van der Waals surface area (Å²) in [6, 6.07) is 20.6. The zero-order valence-corrected chi connectivity index (χ0v) is 10.8.